The van der Waals surface area contributed by atoms with Crippen molar-refractivity contribution in [3.8, 4) is 0 Å². The van der Waals surface area contributed by atoms with Crippen LogP contribution in [0.3, 0.4) is 0 Å². The number of hydrogen-bond donors (Lipinski definition) is 0. The summed E-state index contributed by atoms with van der Waals surface area (Å²) in [4.78, 5) is 2.47. The summed E-state index contributed by atoms with van der Waals surface area (Å²) in [5.74, 6) is 0.581. The Morgan fingerprint density at radius 1 is 1.44 bits per heavy atom. The molecule has 1 aromatic rings. The predicted molar refractivity (Wildman–Crippen MR) is 66.6 cm³/mol. The number of aromatic nitrogens is 2. The van der Waals surface area contributed by atoms with E-state index in [0.29, 0.717) is 12.0 Å². The molecule has 1 saturated heterocycles. The first kappa shape index (κ1) is 11.6. The van der Waals surface area contributed by atoms with Crippen LogP contribution in [0, 0.1) is 0 Å². The van der Waals surface area contributed by atoms with Gasteiger partial charge in [0.1, 0.15) is 0 Å². The maximum absolute atomic E-state index is 4.46. The van der Waals surface area contributed by atoms with Gasteiger partial charge in [-0.15, -0.1) is 0 Å². The van der Waals surface area contributed by atoms with E-state index in [9.17, 15) is 0 Å². The van der Waals surface area contributed by atoms with Crippen LogP contribution in [-0.2, 0) is 6.54 Å². The minimum Gasteiger partial charge on any atom is -0.302 e. The van der Waals surface area contributed by atoms with Gasteiger partial charge in [-0.2, -0.15) is 5.10 Å². The van der Waals surface area contributed by atoms with Crippen molar-refractivity contribution >= 4 is 0 Å². The van der Waals surface area contributed by atoms with Gasteiger partial charge in [-0.3, -0.25) is 4.68 Å². The Bertz CT molecular complexity index is 330. The van der Waals surface area contributed by atoms with E-state index in [0.717, 1.165) is 6.54 Å². The molecule has 1 aliphatic heterocycles. The third-order valence-electron chi connectivity index (χ3n) is 3.64. The Kier molecular flexibility index (Phi) is 3.64. The van der Waals surface area contributed by atoms with E-state index in [1.54, 1.807) is 0 Å². The van der Waals surface area contributed by atoms with Gasteiger partial charge in [0.25, 0.3) is 0 Å². The van der Waals surface area contributed by atoms with Gasteiger partial charge in [-0.1, -0.05) is 20.3 Å². The average Bonchev–Trinajstić information content (AvgIpc) is 2.70. The Morgan fingerprint density at radius 3 is 2.88 bits per heavy atom. The molecule has 1 fully saturated rings. The summed E-state index contributed by atoms with van der Waals surface area (Å²) in [6, 6.07) is 0.675. The second kappa shape index (κ2) is 5.00. The lowest BCUT2D eigenvalue weighted by molar-refractivity contribution is 0.163. The number of rotatable bonds is 3. The molecule has 0 amide bonds. The summed E-state index contributed by atoms with van der Waals surface area (Å²) in [6.07, 6.45) is 8.24. The molecule has 3 heteroatoms. The molecule has 0 unspecified atom stereocenters. The number of hydrogen-bond acceptors (Lipinski definition) is 2. The molecular weight excluding hydrogens is 198 g/mol. The molecule has 0 aromatic carbocycles. The van der Waals surface area contributed by atoms with Crippen molar-refractivity contribution in [1.82, 2.24) is 14.7 Å². The first-order valence-corrected chi connectivity index (χ1v) is 6.39. The molecule has 1 aromatic heterocycles. The lowest BCUT2D eigenvalue weighted by atomic mass is 10.0. The normalized spacial score (nSPS) is 22.9. The monoisotopic (exact) mass is 221 g/mol. The van der Waals surface area contributed by atoms with Crippen LogP contribution >= 0.6 is 0 Å². The van der Waals surface area contributed by atoms with Crippen LogP contribution < -0.4 is 0 Å². The molecule has 0 N–H and O–H groups in total. The highest BCUT2D eigenvalue weighted by molar-refractivity contribution is 5.08. The van der Waals surface area contributed by atoms with Gasteiger partial charge in [0.2, 0.25) is 0 Å². The van der Waals surface area contributed by atoms with Crippen molar-refractivity contribution < 1.29 is 0 Å². The zero-order valence-corrected chi connectivity index (χ0v) is 10.7. The van der Waals surface area contributed by atoms with Crippen molar-refractivity contribution in [2.45, 2.75) is 51.6 Å². The van der Waals surface area contributed by atoms with Crippen molar-refractivity contribution in [2.24, 2.45) is 0 Å². The summed E-state index contributed by atoms with van der Waals surface area (Å²) in [5.41, 5.74) is 1.35. The molecule has 90 valence electrons. The van der Waals surface area contributed by atoms with Crippen LogP contribution in [0.15, 0.2) is 12.4 Å². The Hall–Kier alpha value is -0.830. The summed E-state index contributed by atoms with van der Waals surface area (Å²) >= 11 is 0. The van der Waals surface area contributed by atoms with Crippen molar-refractivity contribution in [1.29, 1.82) is 0 Å². The lowest BCUT2D eigenvalue weighted by Gasteiger charge is -2.32. The van der Waals surface area contributed by atoms with Gasteiger partial charge < -0.3 is 4.90 Å². The van der Waals surface area contributed by atoms with E-state index in [2.05, 4.69) is 41.8 Å². The van der Waals surface area contributed by atoms with Crippen LogP contribution in [0.25, 0.3) is 0 Å². The van der Waals surface area contributed by atoms with Crippen molar-refractivity contribution in [3.05, 3.63) is 18.0 Å². The molecule has 2 rings (SSSR count). The maximum atomic E-state index is 4.46. The number of likely N-dealkylation sites (tertiary alicyclic amines) is 1. The first-order chi connectivity index (χ1) is 7.66. The maximum Gasteiger partial charge on any atom is 0.0564 e. The van der Waals surface area contributed by atoms with Crippen molar-refractivity contribution in [2.75, 3.05) is 13.6 Å². The summed E-state index contributed by atoms with van der Waals surface area (Å²) < 4.78 is 2.11. The van der Waals surface area contributed by atoms with E-state index >= 15 is 0 Å². The quantitative estimate of drug-likeness (QED) is 0.782. The number of nitrogens with zero attached hydrogens (tertiary/aromatic N) is 3. The average molecular weight is 221 g/mol. The Labute approximate surface area is 98.4 Å². The van der Waals surface area contributed by atoms with Crippen LogP contribution in [0.4, 0.5) is 0 Å². The molecule has 1 atom stereocenters. The zero-order chi connectivity index (χ0) is 11.5. The fourth-order valence-electron chi connectivity index (χ4n) is 2.37. The molecule has 0 saturated carbocycles. The Balaban J connectivity index is 1.97. The highest BCUT2D eigenvalue weighted by Gasteiger charge is 2.19. The molecule has 0 radical (unpaired) electrons. The fourth-order valence-corrected chi connectivity index (χ4v) is 2.37. The molecule has 0 aliphatic carbocycles. The summed E-state index contributed by atoms with van der Waals surface area (Å²) in [6.45, 7) is 6.72. The van der Waals surface area contributed by atoms with Gasteiger partial charge in [-0.25, -0.2) is 0 Å². The molecule has 0 spiro atoms. The first-order valence-electron chi connectivity index (χ1n) is 6.39. The van der Waals surface area contributed by atoms with Crippen molar-refractivity contribution in [3.63, 3.8) is 0 Å². The van der Waals surface area contributed by atoms with Crippen LogP contribution in [-0.4, -0.2) is 34.3 Å². The summed E-state index contributed by atoms with van der Waals surface area (Å²) in [7, 11) is 2.23. The third kappa shape index (κ3) is 2.64. The van der Waals surface area contributed by atoms with Gasteiger partial charge in [-0.05, 0) is 37.9 Å². The van der Waals surface area contributed by atoms with Crippen LogP contribution in [0.1, 0.15) is 44.6 Å². The molecule has 0 bridgehead atoms. The minimum atomic E-state index is 0.581. The van der Waals surface area contributed by atoms with E-state index < -0.39 is 0 Å². The Morgan fingerprint density at radius 2 is 2.25 bits per heavy atom. The van der Waals surface area contributed by atoms with E-state index in [4.69, 9.17) is 0 Å². The molecule has 1 aliphatic rings. The van der Waals surface area contributed by atoms with E-state index in [1.165, 1.54) is 31.4 Å². The lowest BCUT2D eigenvalue weighted by Crippen LogP contribution is -2.39. The zero-order valence-electron chi connectivity index (χ0n) is 10.7. The third-order valence-corrected chi connectivity index (χ3v) is 3.64. The highest BCUT2D eigenvalue weighted by atomic mass is 15.3. The second-order valence-electron chi connectivity index (χ2n) is 5.28. The smallest absolute Gasteiger partial charge is 0.0564 e. The topological polar surface area (TPSA) is 21.1 Å². The van der Waals surface area contributed by atoms with Gasteiger partial charge in [0, 0.05) is 12.2 Å². The second-order valence-corrected chi connectivity index (χ2v) is 5.28. The van der Waals surface area contributed by atoms with Crippen LogP contribution in [0.2, 0.25) is 0 Å². The van der Waals surface area contributed by atoms with Gasteiger partial charge in [0.05, 0.1) is 12.7 Å². The minimum absolute atomic E-state index is 0.581. The van der Waals surface area contributed by atoms with E-state index in [-0.39, 0.29) is 0 Å². The summed E-state index contributed by atoms with van der Waals surface area (Å²) in [5, 5.41) is 4.46. The molecule has 2 heterocycles. The molecule has 16 heavy (non-hydrogen) atoms. The highest BCUT2D eigenvalue weighted by Crippen LogP contribution is 2.18. The fraction of sp³-hybridized carbons (Fsp3) is 0.769. The standard InChI is InChI=1S/C13H23N3/c1-11(2)12-8-14-16(9-12)10-13-6-4-5-7-15(13)3/h8-9,11,13H,4-7,10H2,1-3H3/t13-/m1/s1. The van der Waals surface area contributed by atoms with Gasteiger partial charge >= 0.3 is 0 Å². The van der Waals surface area contributed by atoms with E-state index in [1.807, 2.05) is 6.20 Å². The van der Waals surface area contributed by atoms with Crippen LogP contribution in [0.5, 0.6) is 0 Å². The predicted octanol–water partition coefficient (Wildman–Crippen LogP) is 2.49. The molecular formula is C13H23N3. The number of likely N-dealkylation sites (N-methyl/N-ethyl adjacent to an activating group) is 1. The largest absolute Gasteiger partial charge is 0.302 e. The molecule has 3 nitrogen and oxygen atoms in total. The number of piperidine rings is 1. The van der Waals surface area contributed by atoms with Gasteiger partial charge in [0.15, 0.2) is 0 Å². The SMILES string of the molecule is CC(C)c1cnn(C[C@H]2CCCCN2C)c1.